The average molecular weight is 166 g/mol. The summed E-state index contributed by atoms with van der Waals surface area (Å²) in [5, 5.41) is 20.6. The standard InChI is InChI=1S/C7H11BN2O2/c9-5-10-7-4-2-1-3-6(7)8(11)12/h1-4,10-12H,5,9H2. The Labute approximate surface area is 71.2 Å². The summed E-state index contributed by atoms with van der Waals surface area (Å²) in [7, 11) is -1.46. The van der Waals surface area contributed by atoms with Crippen LogP contribution in [0.5, 0.6) is 0 Å². The lowest BCUT2D eigenvalue weighted by Crippen LogP contribution is -2.33. The summed E-state index contributed by atoms with van der Waals surface area (Å²) >= 11 is 0. The summed E-state index contributed by atoms with van der Waals surface area (Å²) in [6.07, 6.45) is 0. The van der Waals surface area contributed by atoms with E-state index in [4.69, 9.17) is 15.8 Å². The first-order valence-electron chi connectivity index (χ1n) is 3.64. The van der Waals surface area contributed by atoms with Crippen molar-refractivity contribution in [1.29, 1.82) is 0 Å². The quantitative estimate of drug-likeness (QED) is 0.332. The van der Waals surface area contributed by atoms with Crippen LogP contribution in [0.2, 0.25) is 0 Å². The molecule has 5 heteroatoms. The second-order valence-corrected chi connectivity index (χ2v) is 2.34. The lowest BCUT2D eigenvalue weighted by Gasteiger charge is -2.08. The van der Waals surface area contributed by atoms with E-state index in [-0.39, 0.29) is 6.67 Å². The fourth-order valence-electron chi connectivity index (χ4n) is 0.993. The van der Waals surface area contributed by atoms with Crippen LogP contribution in [0.3, 0.4) is 0 Å². The molecule has 0 bridgehead atoms. The Balaban J connectivity index is 2.92. The van der Waals surface area contributed by atoms with E-state index in [1.54, 1.807) is 24.3 Å². The van der Waals surface area contributed by atoms with Gasteiger partial charge in [0.15, 0.2) is 0 Å². The van der Waals surface area contributed by atoms with Crippen LogP contribution >= 0.6 is 0 Å². The third-order valence-electron chi connectivity index (χ3n) is 1.53. The molecule has 0 aliphatic rings. The highest BCUT2D eigenvalue weighted by molar-refractivity contribution is 6.60. The molecule has 0 aromatic heterocycles. The van der Waals surface area contributed by atoms with Crippen LogP contribution in [0.4, 0.5) is 5.69 Å². The third-order valence-corrected chi connectivity index (χ3v) is 1.53. The van der Waals surface area contributed by atoms with E-state index in [1.807, 2.05) is 0 Å². The van der Waals surface area contributed by atoms with E-state index < -0.39 is 7.12 Å². The van der Waals surface area contributed by atoms with E-state index in [9.17, 15) is 0 Å². The summed E-state index contributed by atoms with van der Waals surface area (Å²) in [6, 6.07) is 6.89. The Bertz CT molecular complexity index is 255. The number of hydrogen-bond acceptors (Lipinski definition) is 4. The Morgan fingerprint density at radius 1 is 1.33 bits per heavy atom. The van der Waals surface area contributed by atoms with Gasteiger partial charge in [0, 0.05) is 11.2 Å². The normalized spacial score (nSPS) is 9.58. The largest absolute Gasteiger partial charge is 0.490 e. The number of nitrogens with one attached hydrogen (secondary N) is 1. The summed E-state index contributed by atoms with van der Waals surface area (Å²) in [5.74, 6) is 0. The van der Waals surface area contributed by atoms with Gasteiger partial charge in [-0.05, 0) is 6.07 Å². The zero-order chi connectivity index (χ0) is 8.97. The topological polar surface area (TPSA) is 78.5 Å². The zero-order valence-corrected chi connectivity index (χ0v) is 6.57. The van der Waals surface area contributed by atoms with Gasteiger partial charge in [0.1, 0.15) is 0 Å². The van der Waals surface area contributed by atoms with Gasteiger partial charge in [0.05, 0.1) is 6.67 Å². The maximum absolute atomic E-state index is 8.91. The molecule has 0 saturated carbocycles. The van der Waals surface area contributed by atoms with E-state index in [0.29, 0.717) is 11.2 Å². The molecule has 5 N–H and O–H groups in total. The molecule has 0 saturated heterocycles. The minimum Gasteiger partial charge on any atom is -0.423 e. The van der Waals surface area contributed by atoms with Gasteiger partial charge in [0.25, 0.3) is 0 Å². The number of benzene rings is 1. The maximum Gasteiger partial charge on any atom is 0.490 e. The van der Waals surface area contributed by atoms with Crippen LogP contribution in [0.25, 0.3) is 0 Å². The van der Waals surface area contributed by atoms with Gasteiger partial charge in [-0.25, -0.2) is 0 Å². The van der Waals surface area contributed by atoms with Gasteiger partial charge in [-0.3, -0.25) is 0 Å². The molecular formula is C7H11BN2O2. The molecule has 0 spiro atoms. The summed E-state index contributed by atoms with van der Waals surface area (Å²) in [4.78, 5) is 0. The maximum atomic E-state index is 8.91. The number of nitrogens with two attached hydrogens (primary N) is 1. The Morgan fingerprint density at radius 2 is 2.00 bits per heavy atom. The molecule has 0 unspecified atom stereocenters. The van der Waals surface area contributed by atoms with Crippen molar-refractivity contribution in [3.8, 4) is 0 Å². The smallest absolute Gasteiger partial charge is 0.423 e. The molecule has 64 valence electrons. The minimum atomic E-state index is -1.46. The van der Waals surface area contributed by atoms with Crippen molar-refractivity contribution in [2.75, 3.05) is 12.0 Å². The van der Waals surface area contributed by atoms with Gasteiger partial charge in [-0.2, -0.15) is 0 Å². The lowest BCUT2D eigenvalue weighted by molar-refractivity contribution is 0.426. The van der Waals surface area contributed by atoms with Crippen molar-refractivity contribution in [2.24, 2.45) is 5.73 Å². The van der Waals surface area contributed by atoms with Crippen molar-refractivity contribution in [3.63, 3.8) is 0 Å². The van der Waals surface area contributed by atoms with Crippen LogP contribution < -0.4 is 16.5 Å². The molecule has 0 heterocycles. The van der Waals surface area contributed by atoms with Gasteiger partial charge < -0.3 is 21.1 Å². The van der Waals surface area contributed by atoms with E-state index in [0.717, 1.165) is 0 Å². The van der Waals surface area contributed by atoms with Crippen molar-refractivity contribution in [1.82, 2.24) is 0 Å². The van der Waals surface area contributed by atoms with Crippen LogP contribution in [-0.2, 0) is 0 Å². The highest BCUT2D eigenvalue weighted by Gasteiger charge is 2.14. The van der Waals surface area contributed by atoms with E-state index >= 15 is 0 Å². The van der Waals surface area contributed by atoms with Crippen molar-refractivity contribution >= 4 is 18.3 Å². The molecule has 0 atom stereocenters. The summed E-state index contributed by atoms with van der Waals surface area (Å²) in [5.41, 5.74) is 6.34. The second-order valence-electron chi connectivity index (χ2n) is 2.34. The highest BCUT2D eigenvalue weighted by Crippen LogP contribution is 2.01. The van der Waals surface area contributed by atoms with Crippen molar-refractivity contribution in [2.45, 2.75) is 0 Å². The Morgan fingerprint density at radius 3 is 2.58 bits per heavy atom. The molecule has 0 radical (unpaired) electrons. The third kappa shape index (κ3) is 1.98. The Hall–Kier alpha value is -1.04. The molecule has 0 aliphatic heterocycles. The molecule has 0 amide bonds. The number of para-hydroxylation sites is 1. The van der Waals surface area contributed by atoms with E-state index in [2.05, 4.69) is 5.32 Å². The highest BCUT2D eigenvalue weighted by atomic mass is 16.4. The molecule has 12 heavy (non-hydrogen) atoms. The minimum absolute atomic E-state index is 0.268. The van der Waals surface area contributed by atoms with Crippen LogP contribution in [0, 0.1) is 0 Å². The molecule has 1 aromatic rings. The van der Waals surface area contributed by atoms with Gasteiger partial charge in [-0.1, -0.05) is 18.2 Å². The first kappa shape index (κ1) is 9.06. The molecule has 0 aliphatic carbocycles. The lowest BCUT2D eigenvalue weighted by atomic mass is 9.79. The van der Waals surface area contributed by atoms with E-state index in [1.165, 1.54) is 0 Å². The molecular weight excluding hydrogens is 155 g/mol. The predicted octanol–water partition coefficient (Wildman–Crippen LogP) is -1.31. The first-order chi connectivity index (χ1) is 5.75. The van der Waals surface area contributed by atoms with Crippen molar-refractivity contribution < 1.29 is 10.0 Å². The monoisotopic (exact) mass is 166 g/mol. The average Bonchev–Trinajstić information content (AvgIpc) is 2.05. The van der Waals surface area contributed by atoms with Gasteiger partial charge >= 0.3 is 7.12 Å². The predicted molar refractivity (Wildman–Crippen MR) is 48.9 cm³/mol. The fraction of sp³-hybridized carbons (Fsp3) is 0.143. The second kappa shape index (κ2) is 4.11. The van der Waals surface area contributed by atoms with Gasteiger partial charge in [0.2, 0.25) is 0 Å². The van der Waals surface area contributed by atoms with Crippen molar-refractivity contribution in [3.05, 3.63) is 24.3 Å². The molecule has 1 aromatic carbocycles. The number of anilines is 1. The zero-order valence-electron chi connectivity index (χ0n) is 6.57. The summed E-state index contributed by atoms with van der Waals surface area (Å²) < 4.78 is 0. The molecule has 4 nitrogen and oxygen atoms in total. The number of hydrogen-bond donors (Lipinski definition) is 4. The Kier molecular flexibility index (Phi) is 3.10. The van der Waals surface area contributed by atoms with Gasteiger partial charge in [-0.15, -0.1) is 0 Å². The number of rotatable bonds is 3. The fourth-order valence-corrected chi connectivity index (χ4v) is 0.993. The molecule has 0 fully saturated rings. The van der Waals surface area contributed by atoms with Crippen LogP contribution in [0.15, 0.2) is 24.3 Å². The van der Waals surface area contributed by atoms with Crippen LogP contribution in [-0.4, -0.2) is 23.8 Å². The van der Waals surface area contributed by atoms with Crippen LogP contribution in [0.1, 0.15) is 0 Å². The first-order valence-corrected chi connectivity index (χ1v) is 3.64. The molecule has 1 rings (SSSR count). The SMILES string of the molecule is NCNc1ccccc1B(O)O. The summed E-state index contributed by atoms with van der Waals surface area (Å²) in [6.45, 7) is 0.268.